The lowest BCUT2D eigenvalue weighted by atomic mass is 9.97. The van der Waals surface area contributed by atoms with Gasteiger partial charge in [-0.1, -0.05) is 0 Å². The molecule has 98 valence electrons. The standard InChI is InChI=1S/C12H14O6/c13-2-1-9(15)12(16)8-4-11-10(17-6-18-11)3-7(8)5-14/h3-5,9,12-13,15-16H,1-2,6H2. The molecule has 1 aliphatic heterocycles. The van der Waals surface area contributed by atoms with Crippen LogP contribution in [0.2, 0.25) is 0 Å². The Morgan fingerprint density at radius 1 is 1.28 bits per heavy atom. The Labute approximate surface area is 103 Å². The number of hydrogen-bond donors (Lipinski definition) is 3. The van der Waals surface area contributed by atoms with Crippen LogP contribution in [0.4, 0.5) is 0 Å². The highest BCUT2D eigenvalue weighted by Gasteiger charge is 2.25. The van der Waals surface area contributed by atoms with Gasteiger partial charge in [0.15, 0.2) is 17.8 Å². The van der Waals surface area contributed by atoms with Crippen LogP contribution < -0.4 is 9.47 Å². The maximum atomic E-state index is 11.0. The first-order chi connectivity index (χ1) is 8.67. The number of fused-ring (bicyclic) bond motifs is 1. The van der Waals surface area contributed by atoms with Gasteiger partial charge in [-0.25, -0.2) is 0 Å². The third kappa shape index (κ3) is 2.31. The Morgan fingerprint density at radius 2 is 1.94 bits per heavy atom. The van der Waals surface area contributed by atoms with E-state index in [4.69, 9.17) is 14.6 Å². The first kappa shape index (κ1) is 12.8. The second-order valence-electron chi connectivity index (χ2n) is 3.98. The molecule has 1 aliphatic rings. The second kappa shape index (κ2) is 5.34. The fourth-order valence-corrected chi connectivity index (χ4v) is 1.83. The minimum absolute atomic E-state index is 0.0217. The van der Waals surface area contributed by atoms with Gasteiger partial charge in [-0.05, 0) is 24.1 Å². The molecule has 2 unspecified atom stereocenters. The molecular weight excluding hydrogens is 240 g/mol. The number of rotatable bonds is 5. The van der Waals surface area contributed by atoms with E-state index in [9.17, 15) is 15.0 Å². The van der Waals surface area contributed by atoms with Crippen molar-refractivity contribution in [3.8, 4) is 11.5 Å². The molecule has 6 nitrogen and oxygen atoms in total. The van der Waals surface area contributed by atoms with Gasteiger partial charge in [-0.3, -0.25) is 4.79 Å². The van der Waals surface area contributed by atoms with E-state index in [0.717, 1.165) is 0 Å². The summed E-state index contributed by atoms with van der Waals surface area (Å²) in [4.78, 5) is 11.0. The largest absolute Gasteiger partial charge is 0.454 e. The van der Waals surface area contributed by atoms with Crippen LogP contribution in [0.25, 0.3) is 0 Å². The quantitative estimate of drug-likeness (QED) is 0.640. The lowest BCUT2D eigenvalue weighted by Gasteiger charge is -2.19. The first-order valence-corrected chi connectivity index (χ1v) is 5.53. The highest BCUT2D eigenvalue weighted by molar-refractivity contribution is 5.79. The van der Waals surface area contributed by atoms with E-state index in [-0.39, 0.29) is 30.9 Å². The highest BCUT2D eigenvalue weighted by atomic mass is 16.7. The van der Waals surface area contributed by atoms with Crippen molar-refractivity contribution in [3.05, 3.63) is 23.3 Å². The zero-order valence-electron chi connectivity index (χ0n) is 9.57. The van der Waals surface area contributed by atoms with Gasteiger partial charge in [0, 0.05) is 12.2 Å². The van der Waals surface area contributed by atoms with Crippen molar-refractivity contribution in [2.24, 2.45) is 0 Å². The molecule has 0 aromatic heterocycles. The molecule has 0 bridgehead atoms. The summed E-state index contributed by atoms with van der Waals surface area (Å²) in [7, 11) is 0. The van der Waals surface area contributed by atoms with Crippen molar-refractivity contribution < 1.29 is 29.6 Å². The SMILES string of the molecule is O=Cc1cc2c(cc1C(O)C(O)CCO)OCO2. The van der Waals surface area contributed by atoms with Gasteiger partial charge in [0.1, 0.15) is 6.10 Å². The summed E-state index contributed by atoms with van der Waals surface area (Å²) in [6.45, 7) is -0.189. The summed E-state index contributed by atoms with van der Waals surface area (Å²) in [6.07, 6.45) is -1.80. The van der Waals surface area contributed by atoms with Gasteiger partial charge in [0.05, 0.1) is 6.10 Å². The van der Waals surface area contributed by atoms with Crippen LogP contribution in [-0.2, 0) is 0 Å². The van der Waals surface area contributed by atoms with Crippen molar-refractivity contribution in [3.63, 3.8) is 0 Å². The topological polar surface area (TPSA) is 96.2 Å². The predicted molar refractivity (Wildman–Crippen MR) is 60.6 cm³/mol. The Morgan fingerprint density at radius 3 is 2.56 bits per heavy atom. The molecule has 0 saturated heterocycles. The second-order valence-corrected chi connectivity index (χ2v) is 3.98. The number of aldehydes is 1. The number of ether oxygens (including phenoxy) is 2. The molecule has 1 aromatic carbocycles. The molecular formula is C12H14O6. The van der Waals surface area contributed by atoms with Crippen molar-refractivity contribution >= 4 is 6.29 Å². The highest BCUT2D eigenvalue weighted by Crippen LogP contribution is 2.37. The third-order valence-corrected chi connectivity index (χ3v) is 2.81. The van der Waals surface area contributed by atoms with Gasteiger partial charge in [-0.2, -0.15) is 0 Å². The zero-order valence-corrected chi connectivity index (χ0v) is 9.57. The minimum atomic E-state index is -1.26. The molecule has 6 heteroatoms. The molecule has 0 amide bonds. The lowest BCUT2D eigenvalue weighted by Crippen LogP contribution is -2.20. The molecule has 2 rings (SSSR count). The summed E-state index contributed by atoms with van der Waals surface area (Å²) >= 11 is 0. The Hall–Kier alpha value is -1.63. The summed E-state index contributed by atoms with van der Waals surface area (Å²) in [5.41, 5.74) is 0.485. The van der Waals surface area contributed by atoms with E-state index in [1.54, 1.807) is 0 Å². The molecule has 0 spiro atoms. The lowest BCUT2D eigenvalue weighted by molar-refractivity contribution is 0.00388. The number of benzene rings is 1. The van der Waals surface area contributed by atoms with Crippen LogP contribution in [0.3, 0.4) is 0 Å². The Balaban J connectivity index is 2.34. The smallest absolute Gasteiger partial charge is 0.231 e. The third-order valence-electron chi connectivity index (χ3n) is 2.81. The molecule has 0 saturated carbocycles. The van der Waals surface area contributed by atoms with Crippen LogP contribution in [-0.4, -0.2) is 41.1 Å². The van der Waals surface area contributed by atoms with Crippen molar-refractivity contribution in [1.82, 2.24) is 0 Å². The molecule has 0 fully saturated rings. The maximum absolute atomic E-state index is 11.0. The Bertz CT molecular complexity index is 444. The fourth-order valence-electron chi connectivity index (χ4n) is 1.83. The molecule has 3 N–H and O–H groups in total. The first-order valence-electron chi connectivity index (χ1n) is 5.53. The number of hydrogen-bond acceptors (Lipinski definition) is 6. The normalized spacial score (nSPS) is 16.4. The number of aliphatic hydroxyl groups is 3. The van der Waals surface area contributed by atoms with Crippen LogP contribution in [0, 0.1) is 0 Å². The average Bonchev–Trinajstić information content (AvgIpc) is 2.83. The minimum Gasteiger partial charge on any atom is -0.454 e. The van der Waals surface area contributed by atoms with Crippen LogP contribution in [0.1, 0.15) is 28.4 Å². The van der Waals surface area contributed by atoms with Crippen LogP contribution >= 0.6 is 0 Å². The van der Waals surface area contributed by atoms with E-state index in [1.165, 1.54) is 12.1 Å². The zero-order chi connectivity index (χ0) is 13.1. The maximum Gasteiger partial charge on any atom is 0.231 e. The van der Waals surface area contributed by atoms with Crippen molar-refractivity contribution in [2.75, 3.05) is 13.4 Å². The summed E-state index contributed by atoms with van der Waals surface area (Å²) in [5, 5.41) is 28.3. The average molecular weight is 254 g/mol. The van der Waals surface area contributed by atoms with Gasteiger partial charge in [-0.15, -0.1) is 0 Å². The van der Waals surface area contributed by atoms with Crippen molar-refractivity contribution in [1.29, 1.82) is 0 Å². The van der Waals surface area contributed by atoms with Crippen LogP contribution in [0.5, 0.6) is 11.5 Å². The number of aliphatic hydroxyl groups excluding tert-OH is 3. The van der Waals surface area contributed by atoms with E-state index in [2.05, 4.69) is 0 Å². The predicted octanol–water partition coefficient (Wildman–Crippen LogP) is 0.00450. The monoisotopic (exact) mass is 254 g/mol. The summed E-state index contributed by atoms with van der Waals surface area (Å²) in [5.74, 6) is 0.857. The van der Waals surface area contributed by atoms with Crippen molar-refractivity contribution in [2.45, 2.75) is 18.6 Å². The number of carbonyl (C=O) groups excluding carboxylic acids is 1. The molecule has 0 radical (unpaired) electrons. The van der Waals surface area contributed by atoms with E-state index in [0.29, 0.717) is 17.8 Å². The van der Waals surface area contributed by atoms with Crippen LogP contribution in [0.15, 0.2) is 12.1 Å². The fraction of sp³-hybridized carbons (Fsp3) is 0.417. The van der Waals surface area contributed by atoms with E-state index < -0.39 is 12.2 Å². The number of carbonyl (C=O) groups is 1. The van der Waals surface area contributed by atoms with Gasteiger partial charge in [0.2, 0.25) is 6.79 Å². The van der Waals surface area contributed by atoms with Gasteiger partial charge >= 0.3 is 0 Å². The molecule has 1 heterocycles. The van der Waals surface area contributed by atoms with E-state index in [1.807, 2.05) is 0 Å². The molecule has 1 aromatic rings. The van der Waals surface area contributed by atoms with E-state index >= 15 is 0 Å². The molecule has 18 heavy (non-hydrogen) atoms. The molecule has 2 atom stereocenters. The Kier molecular flexibility index (Phi) is 3.81. The molecule has 0 aliphatic carbocycles. The van der Waals surface area contributed by atoms with Gasteiger partial charge < -0.3 is 24.8 Å². The summed E-state index contributed by atoms with van der Waals surface area (Å²) < 4.78 is 10.3. The summed E-state index contributed by atoms with van der Waals surface area (Å²) in [6, 6.07) is 2.93. The van der Waals surface area contributed by atoms with Gasteiger partial charge in [0.25, 0.3) is 0 Å².